The number of amides is 1. The second-order valence-corrected chi connectivity index (χ2v) is 6.37. The molecule has 2 aromatic rings. The first-order valence-electron chi connectivity index (χ1n) is 7.42. The van der Waals surface area contributed by atoms with E-state index in [2.05, 4.69) is 32.4 Å². The predicted octanol–water partition coefficient (Wildman–Crippen LogP) is 2.99. The van der Waals surface area contributed by atoms with E-state index < -0.39 is 0 Å². The molecule has 0 saturated carbocycles. The van der Waals surface area contributed by atoms with Crippen molar-refractivity contribution in [1.82, 2.24) is 20.3 Å². The van der Waals surface area contributed by atoms with Crippen LogP contribution in [0.1, 0.15) is 34.6 Å². The van der Waals surface area contributed by atoms with Crippen molar-refractivity contribution in [3.63, 3.8) is 0 Å². The molecule has 0 fully saturated rings. The zero-order valence-corrected chi connectivity index (χ0v) is 13.3. The van der Waals surface area contributed by atoms with Crippen LogP contribution in [-0.4, -0.2) is 27.4 Å². The highest BCUT2D eigenvalue weighted by molar-refractivity contribution is 7.17. The zero-order valence-electron chi connectivity index (χ0n) is 12.5. The summed E-state index contributed by atoms with van der Waals surface area (Å²) in [6.07, 6.45) is 11.0. The summed E-state index contributed by atoms with van der Waals surface area (Å²) in [5.41, 5.74) is 0.730. The lowest BCUT2D eigenvalue weighted by Gasteiger charge is -2.17. The average molecular weight is 314 g/mol. The molecule has 2 heterocycles. The number of carbonyl (C=O) groups is 1. The number of nitrogens with zero attached hydrogens (tertiary/aromatic N) is 3. The van der Waals surface area contributed by atoms with E-state index in [0.717, 1.165) is 31.5 Å². The fourth-order valence-electron chi connectivity index (χ4n) is 2.47. The lowest BCUT2D eigenvalue weighted by molar-refractivity contribution is 0.0949. The van der Waals surface area contributed by atoms with Crippen molar-refractivity contribution in [2.24, 2.45) is 5.92 Å². The molecule has 0 aromatic carbocycles. The second-order valence-electron chi connectivity index (χ2n) is 5.37. The van der Waals surface area contributed by atoms with Crippen LogP contribution in [0.2, 0.25) is 0 Å². The fourth-order valence-corrected chi connectivity index (χ4v) is 3.40. The third kappa shape index (κ3) is 3.39. The van der Waals surface area contributed by atoms with E-state index in [1.54, 1.807) is 18.5 Å². The van der Waals surface area contributed by atoms with Crippen molar-refractivity contribution in [3.8, 4) is 10.8 Å². The lowest BCUT2D eigenvalue weighted by Crippen LogP contribution is -2.29. The zero-order chi connectivity index (χ0) is 15.4. The van der Waals surface area contributed by atoms with Crippen LogP contribution < -0.4 is 5.32 Å². The van der Waals surface area contributed by atoms with Crippen molar-refractivity contribution in [3.05, 3.63) is 41.2 Å². The molecule has 0 bridgehead atoms. The molecule has 22 heavy (non-hydrogen) atoms. The van der Waals surface area contributed by atoms with Gasteiger partial charge in [0.1, 0.15) is 4.88 Å². The highest BCUT2D eigenvalue weighted by Gasteiger charge is 2.18. The molecule has 1 aliphatic rings. The molecule has 114 valence electrons. The smallest absolute Gasteiger partial charge is 0.263 e. The summed E-state index contributed by atoms with van der Waals surface area (Å²) in [7, 11) is 0. The number of hydrogen-bond acceptors (Lipinski definition) is 5. The van der Waals surface area contributed by atoms with Crippen LogP contribution in [0, 0.1) is 12.8 Å². The fraction of sp³-hybridized carbons (Fsp3) is 0.375. The van der Waals surface area contributed by atoms with Crippen molar-refractivity contribution in [2.45, 2.75) is 26.2 Å². The molecule has 2 aromatic heterocycles. The summed E-state index contributed by atoms with van der Waals surface area (Å²) in [5, 5.41) is 3.72. The number of rotatable bonds is 4. The van der Waals surface area contributed by atoms with Gasteiger partial charge in [-0.2, -0.15) is 0 Å². The average Bonchev–Trinajstić information content (AvgIpc) is 2.96. The molecule has 0 spiro atoms. The minimum atomic E-state index is -0.0493. The van der Waals surface area contributed by atoms with Crippen LogP contribution in [0.5, 0.6) is 0 Å². The third-order valence-electron chi connectivity index (χ3n) is 3.69. The van der Waals surface area contributed by atoms with Gasteiger partial charge in [0.05, 0.1) is 5.69 Å². The van der Waals surface area contributed by atoms with Crippen LogP contribution in [-0.2, 0) is 0 Å². The Bertz CT molecular complexity index is 681. The molecular formula is C16H18N4OS. The predicted molar refractivity (Wildman–Crippen MR) is 86.7 cm³/mol. The van der Waals surface area contributed by atoms with Crippen molar-refractivity contribution in [1.29, 1.82) is 0 Å². The van der Waals surface area contributed by atoms with E-state index in [1.165, 1.54) is 11.3 Å². The summed E-state index contributed by atoms with van der Waals surface area (Å²) >= 11 is 1.35. The second kappa shape index (κ2) is 6.79. The van der Waals surface area contributed by atoms with Gasteiger partial charge in [-0.05, 0) is 38.2 Å². The summed E-state index contributed by atoms with van der Waals surface area (Å²) in [6.45, 7) is 2.57. The Morgan fingerprint density at radius 1 is 1.36 bits per heavy atom. The maximum absolute atomic E-state index is 12.4. The van der Waals surface area contributed by atoms with Gasteiger partial charge in [-0.15, -0.1) is 11.3 Å². The number of thiazole rings is 1. The monoisotopic (exact) mass is 314 g/mol. The van der Waals surface area contributed by atoms with E-state index in [4.69, 9.17) is 0 Å². The number of hydrogen-bond donors (Lipinski definition) is 1. The molecule has 0 unspecified atom stereocenters. The van der Waals surface area contributed by atoms with Gasteiger partial charge in [0.15, 0.2) is 10.8 Å². The number of carbonyl (C=O) groups excluding carboxylic acids is 1. The van der Waals surface area contributed by atoms with Crippen LogP contribution >= 0.6 is 11.3 Å². The number of aryl methyl sites for hydroxylation is 1. The van der Waals surface area contributed by atoms with Gasteiger partial charge in [-0.3, -0.25) is 4.79 Å². The lowest BCUT2D eigenvalue weighted by atomic mass is 9.94. The van der Waals surface area contributed by atoms with Gasteiger partial charge in [0.2, 0.25) is 0 Å². The molecular weight excluding hydrogens is 296 g/mol. The van der Waals surface area contributed by atoms with Crippen LogP contribution in [0.15, 0.2) is 30.6 Å². The Labute approximate surface area is 133 Å². The third-order valence-corrected chi connectivity index (χ3v) is 4.84. The van der Waals surface area contributed by atoms with Gasteiger partial charge < -0.3 is 5.32 Å². The minimum Gasteiger partial charge on any atom is -0.351 e. The standard InChI is InChI=1S/C16H18N4OS/c1-11-13(15(21)19-10-12-6-3-2-4-7-12)22-16(20-11)14-17-8-5-9-18-14/h2-3,5,8-9,12H,4,6-7,10H2,1H3,(H,19,21)/t12-/m1/s1. The number of nitrogens with one attached hydrogen (secondary N) is 1. The molecule has 0 saturated heterocycles. The molecule has 3 rings (SSSR count). The van der Waals surface area contributed by atoms with Gasteiger partial charge >= 0.3 is 0 Å². The quantitative estimate of drug-likeness (QED) is 0.881. The van der Waals surface area contributed by atoms with Crippen LogP contribution in [0.3, 0.4) is 0 Å². The Kier molecular flexibility index (Phi) is 4.58. The van der Waals surface area contributed by atoms with Crippen molar-refractivity contribution < 1.29 is 4.79 Å². The van der Waals surface area contributed by atoms with Crippen molar-refractivity contribution in [2.75, 3.05) is 6.54 Å². The minimum absolute atomic E-state index is 0.0493. The van der Waals surface area contributed by atoms with E-state index in [0.29, 0.717) is 21.6 Å². The molecule has 1 atom stereocenters. The highest BCUT2D eigenvalue weighted by atomic mass is 32.1. The molecule has 1 amide bonds. The number of aromatic nitrogens is 3. The number of allylic oxidation sites excluding steroid dienone is 2. The summed E-state index contributed by atoms with van der Waals surface area (Å²) in [6, 6.07) is 1.76. The van der Waals surface area contributed by atoms with Crippen LogP contribution in [0.25, 0.3) is 10.8 Å². The van der Waals surface area contributed by atoms with Crippen LogP contribution in [0.4, 0.5) is 0 Å². The van der Waals surface area contributed by atoms with Gasteiger partial charge in [-0.25, -0.2) is 15.0 Å². The van der Waals surface area contributed by atoms with E-state index in [-0.39, 0.29) is 5.91 Å². The first kappa shape index (κ1) is 14.8. The summed E-state index contributed by atoms with van der Waals surface area (Å²) in [5.74, 6) is 1.05. The molecule has 1 aliphatic carbocycles. The first-order chi connectivity index (χ1) is 10.7. The maximum Gasteiger partial charge on any atom is 0.263 e. The summed E-state index contributed by atoms with van der Waals surface area (Å²) in [4.78, 5) is 25.8. The summed E-state index contributed by atoms with van der Waals surface area (Å²) < 4.78 is 0. The van der Waals surface area contributed by atoms with E-state index in [9.17, 15) is 4.79 Å². The Balaban J connectivity index is 1.67. The van der Waals surface area contributed by atoms with Gasteiger partial charge in [0.25, 0.3) is 5.91 Å². The maximum atomic E-state index is 12.4. The molecule has 0 radical (unpaired) electrons. The topological polar surface area (TPSA) is 67.8 Å². The highest BCUT2D eigenvalue weighted by Crippen LogP contribution is 2.25. The van der Waals surface area contributed by atoms with Gasteiger partial charge in [0, 0.05) is 18.9 Å². The first-order valence-corrected chi connectivity index (χ1v) is 8.23. The van der Waals surface area contributed by atoms with E-state index in [1.807, 2.05) is 6.92 Å². The molecule has 1 N–H and O–H groups in total. The molecule has 5 nitrogen and oxygen atoms in total. The Morgan fingerprint density at radius 2 is 2.18 bits per heavy atom. The van der Waals surface area contributed by atoms with Gasteiger partial charge in [-0.1, -0.05) is 12.2 Å². The Morgan fingerprint density at radius 3 is 2.91 bits per heavy atom. The molecule has 0 aliphatic heterocycles. The SMILES string of the molecule is Cc1nc(-c2ncccn2)sc1C(=O)NC[C@@H]1CC=CCC1. The largest absolute Gasteiger partial charge is 0.351 e. The molecule has 6 heteroatoms. The Hall–Kier alpha value is -2.08. The normalized spacial score (nSPS) is 17.4. The van der Waals surface area contributed by atoms with Crippen molar-refractivity contribution >= 4 is 17.2 Å². The van der Waals surface area contributed by atoms with E-state index >= 15 is 0 Å².